The van der Waals surface area contributed by atoms with Crippen LogP contribution in [0.25, 0.3) is 11.3 Å². The Morgan fingerprint density at radius 1 is 1.18 bits per heavy atom. The number of hydrogen-bond donors (Lipinski definition) is 0. The number of ether oxygens (including phenoxy) is 1. The average molecular weight is 543 g/mol. The van der Waals surface area contributed by atoms with Gasteiger partial charge in [-0.25, -0.2) is 4.68 Å². The second-order valence-corrected chi connectivity index (χ2v) is 10.7. The summed E-state index contributed by atoms with van der Waals surface area (Å²) in [4.78, 5) is 15.0. The number of benzene rings is 1. The van der Waals surface area contributed by atoms with Gasteiger partial charge in [-0.05, 0) is 48.4 Å². The lowest BCUT2D eigenvalue weighted by atomic mass is 10.0. The Bertz CT molecular complexity index is 1390. The van der Waals surface area contributed by atoms with Gasteiger partial charge in [0.2, 0.25) is 0 Å². The summed E-state index contributed by atoms with van der Waals surface area (Å²) < 4.78 is 47.9. The molecule has 1 aromatic carbocycles. The van der Waals surface area contributed by atoms with E-state index in [1.165, 1.54) is 11.8 Å². The molecule has 2 aromatic rings. The van der Waals surface area contributed by atoms with Crippen LogP contribution >= 0.6 is 11.8 Å². The van der Waals surface area contributed by atoms with Gasteiger partial charge in [0, 0.05) is 24.4 Å². The van der Waals surface area contributed by atoms with Crippen molar-refractivity contribution in [3.63, 3.8) is 0 Å². The molecule has 0 N–H and O–H groups in total. The summed E-state index contributed by atoms with van der Waals surface area (Å²) in [5.74, 6) is 2.39. The van der Waals surface area contributed by atoms with Gasteiger partial charge in [-0.1, -0.05) is 6.08 Å². The molecule has 0 spiro atoms. The number of rotatable bonds is 5. The number of halogens is 3. The van der Waals surface area contributed by atoms with Crippen molar-refractivity contribution >= 4 is 23.2 Å². The van der Waals surface area contributed by atoms with Crippen molar-refractivity contribution in [3.05, 3.63) is 83.5 Å². The maximum Gasteiger partial charge on any atom is 0.435 e. The number of carbonyl (C=O) groups excluding carboxylic acids is 1. The van der Waals surface area contributed by atoms with Crippen molar-refractivity contribution in [2.24, 2.45) is 0 Å². The van der Waals surface area contributed by atoms with Crippen LogP contribution in [0.5, 0.6) is 5.75 Å². The molecule has 4 aliphatic heterocycles. The zero-order chi connectivity index (χ0) is 26.5. The van der Waals surface area contributed by atoms with Crippen LogP contribution in [0.1, 0.15) is 17.8 Å². The Kier molecular flexibility index (Phi) is 6.24. The molecule has 1 atom stereocenters. The summed E-state index contributed by atoms with van der Waals surface area (Å²) in [6, 6.07) is 7.93. The fourth-order valence-electron chi connectivity index (χ4n) is 5.43. The number of quaternary nitrogens is 1. The van der Waals surface area contributed by atoms with Gasteiger partial charge >= 0.3 is 6.18 Å². The summed E-state index contributed by atoms with van der Waals surface area (Å²) in [6.07, 6.45) is 6.11. The Morgan fingerprint density at radius 2 is 2.00 bits per heavy atom. The average Bonchev–Trinajstić information content (AvgIpc) is 3.71. The first-order valence-corrected chi connectivity index (χ1v) is 13.6. The molecule has 4 aliphatic rings. The molecule has 0 radical (unpaired) electrons. The molecule has 6 rings (SSSR count). The number of amides is 1. The molecule has 0 saturated carbocycles. The first-order valence-electron chi connectivity index (χ1n) is 12.4. The van der Waals surface area contributed by atoms with E-state index >= 15 is 0 Å². The van der Waals surface area contributed by atoms with Gasteiger partial charge in [0.15, 0.2) is 11.4 Å². The van der Waals surface area contributed by atoms with E-state index in [0.29, 0.717) is 47.8 Å². The topological polar surface area (TPSA) is 50.6 Å². The molecule has 5 heterocycles. The van der Waals surface area contributed by atoms with Gasteiger partial charge in [0.25, 0.3) is 5.91 Å². The Hall–Kier alpha value is -3.28. The summed E-state index contributed by atoms with van der Waals surface area (Å²) in [7, 11) is 1.54. The standard InChI is InChI=1S/C27H27F3N5O2S/c1-37-23-6-4-21(5-7-23)34-24(16-25(31-34)27(28,29)30)19-8-10-33(11-9-19)35-13-2-3-22(35)15-20(17-35)26(36)32-12-14-38-18-32/h2-8,13,15-16H,9-12,14,17-18H2,1H3/q+1/t35-/m1/s1. The zero-order valence-corrected chi connectivity index (χ0v) is 21.6. The number of methoxy groups -OCH3 is 1. The third-order valence-electron chi connectivity index (χ3n) is 7.43. The van der Waals surface area contributed by atoms with Crippen molar-refractivity contribution < 1.29 is 27.3 Å². The van der Waals surface area contributed by atoms with E-state index in [2.05, 4.69) is 16.3 Å². The van der Waals surface area contributed by atoms with Crippen LogP contribution in [0.3, 0.4) is 0 Å². The lowest BCUT2D eigenvalue weighted by molar-refractivity contribution is -0.947. The normalized spacial score (nSPS) is 23.4. The lowest BCUT2D eigenvalue weighted by Gasteiger charge is -2.40. The molecule has 11 heteroatoms. The van der Waals surface area contributed by atoms with Crippen LogP contribution in [0.4, 0.5) is 13.2 Å². The number of alkyl halides is 3. The Balaban J connectivity index is 1.26. The summed E-state index contributed by atoms with van der Waals surface area (Å²) in [5.41, 5.74) is 2.68. The largest absolute Gasteiger partial charge is 0.497 e. The monoisotopic (exact) mass is 542 g/mol. The van der Waals surface area contributed by atoms with Gasteiger partial charge < -0.3 is 9.64 Å². The summed E-state index contributed by atoms with van der Waals surface area (Å²) in [5, 5.41) is 6.17. The van der Waals surface area contributed by atoms with Gasteiger partial charge in [0.05, 0.1) is 43.0 Å². The molecule has 1 aromatic heterocycles. The van der Waals surface area contributed by atoms with E-state index in [-0.39, 0.29) is 5.91 Å². The van der Waals surface area contributed by atoms with Crippen LogP contribution in [-0.4, -0.2) is 75.1 Å². The third kappa shape index (κ3) is 4.28. The number of carbonyl (C=O) groups is 1. The molecule has 1 amide bonds. The highest BCUT2D eigenvalue weighted by molar-refractivity contribution is 7.99. The SMILES string of the molecule is COc1ccc(-n2nc(C(F)(F)F)cc2C2=CCN([N@@+]34C=CC=C3C=C(C(=O)N3CCSC3)C4)CC2)cc1. The first kappa shape index (κ1) is 25.0. The molecule has 7 nitrogen and oxygen atoms in total. The fraction of sp³-hybridized carbons (Fsp3) is 0.333. The maximum atomic E-state index is 13.6. The van der Waals surface area contributed by atoms with E-state index < -0.39 is 11.9 Å². The molecule has 198 valence electrons. The predicted octanol–water partition coefficient (Wildman–Crippen LogP) is 4.60. The third-order valence-corrected chi connectivity index (χ3v) is 8.40. The van der Waals surface area contributed by atoms with E-state index in [4.69, 9.17) is 4.74 Å². The Labute approximate surface area is 222 Å². The van der Waals surface area contributed by atoms with Gasteiger partial charge in [-0.3, -0.25) is 4.79 Å². The van der Waals surface area contributed by atoms with Crippen molar-refractivity contribution in [1.29, 1.82) is 0 Å². The number of aromatic nitrogens is 2. The second kappa shape index (κ2) is 9.48. The van der Waals surface area contributed by atoms with E-state index in [1.807, 2.05) is 29.2 Å². The highest BCUT2D eigenvalue weighted by Gasteiger charge is 2.47. The molecule has 0 aliphatic carbocycles. The number of fused-ring (bicyclic) bond motifs is 1. The highest BCUT2D eigenvalue weighted by Crippen LogP contribution is 2.40. The first-order chi connectivity index (χ1) is 18.3. The van der Waals surface area contributed by atoms with E-state index in [9.17, 15) is 18.0 Å². The van der Waals surface area contributed by atoms with E-state index in [1.54, 1.807) is 36.0 Å². The molecule has 1 saturated heterocycles. The van der Waals surface area contributed by atoms with E-state index in [0.717, 1.165) is 41.1 Å². The van der Waals surface area contributed by atoms with Crippen molar-refractivity contribution in [2.45, 2.75) is 12.6 Å². The van der Waals surface area contributed by atoms with Crippen LogP contribution in [0.15, 0.2) is 72.1 Å². The van der Waals surface area contributed by atoms with Crippen molar-refractivity contribution in [2.75, 3.05) is 44.9 Å². The van der Waals surface area contributed by atoms with Crippen LogP contribution in [0.2, 0.25) is 0 Å². The number of thioether (sulfide) groups is 1. The number of hydrogen-bond acceptors (Lipinski definition) is 5. The predicted molar refractivity (Wildman–Crippen MR) is 139 cm³/mol. The quantitative estimate of drug-likeness (QED) is 0.517. The Morgan fingerprint density at radius 3 is 2.66 bits per heavy atom. The minimum absolute atomic E-state index is 0.0903. The van der Waals surface area contributed by atoms with Gasteiger partial charge in [-0.15, -0.1) is 16.8 Å². The summed E-state index contributed by atoms with van der Waals surface area (Å²) >= 11 is 1.76. The van der Waals surface area contributed by atoms with Crippen molar-refractivity contribution in [1.82, 2.24) is 19.7 Å². The highest BCUT2D eigenvalue weighted by atomic mass is 32.2. The van der Waals surface area contributed by atoms with Crippen LogP contribution < -0.4 is 4.74 Å². The maximum absolute atomic E-state index is 13.6. The fourth-order valence-corrected chi connectivity index (χ4v) is 6.38. The number of allylic oxidation sites excluding steroid dienone is 3. The smallest absolute Gasteiger partial charge is 0.435 e. The molecular weight excluding hydrogens is 515 g/mol. The van der Waals surface area contributed by atoms with Gasteiger partial charge in [-0.2, -0.15) is 22.9 Å². The second-order valence-electron chi connectivity index (χ2n) is 9.61. The summed E-state index contributed by atoms with van der Waals surface area (Å²) in [6.45, 7) is 2.47. The molecule has 1 fully saturated rings. The van der Waals surface area contributed by atoms with Crippen molar-refractivity contribution in [3.8, 4) is 11.4 Å². The van der Waals surface area contributed by atoms with Gasteiger partial charge in [0.1, 0.15) is 18.5 Å². The minimum Gasteiger partial charge on any atom is -0.497 e. The zero-order valence-electron chi connectivity index (χ0n) is 20.8. The molecule has 0 unspecified atom stereocenters. The van der Waals surface area contributed by atoms with Crippen LogP contribution in [-0.2, 0) is 11.0 Å². The lowest BCUT2D eigenvalue weighted by Crippen LogP contribution is -2.55. The minimum atomic E-state index is -4.55. The molecule has 38 heavy (non-hydrogen) atoms. The molecular formula is C27H27F3N5O2S+. The number of nitrogens with zero attached hydrogens (tertiary/aromatic N) is 5. The van der Waals surface area contributed by atoms with Crippen LogP contribution in [0, 0.1) is 0 Å². The molecule has 0 bridgehead atoms.